The van der Waals surface area contributed by atoms with Gasteiger partial charge in [0.05, 0.1) is 0 Å². The summed E-state index contributed by atoms with van der Waals surface area (Å²) in [5.41, 5.74) is 1.31. The summed E-state index contributed by atoms with van der Waals surface area (Å²) in [7, 11) is -1.02. The maximum Gasteiger partial charge on any atom is 0.0448 e. The highest BCUT2D eigenvalue weighted by Crippen LogP contribution is 2.33. The van der Waals surface area contributed by atoms with E-state index in [9.17, 15) is 0 Å². The molecule has 2 rings (SSSR count). The first-order valence-corrected chi connectivity index (χ1v) is 13.4. The highest BCUT2D eigenvalue weighted by molar-refractivity contribution is 9.10. The smallest absolute Gasteiger partial charge is 0.0448 e. The molecular weight excluding hydrogens is 348 g/mol. The van der Waals surface area contributed by atoms with E-state index in [1.807, 2.05) is 0 Å². The molecule has 1 atom stereocenters. The fraction of sp³-hybridized carbons (Fsp3) is 0.600. The summed E-state index contributed by atoms with van der Waals surface area (Å²) in [6.07, 6.45) is 13.6. The van der Waals surface area contributed by atoms with Gasteiger partial charge in [-0.1, -0.05) is 104 Å². The maximum absolute atomic E-state index is 3.66. The lowest BCUT2D eigenvalue weighted by molar-refractivity contribution is 0.315. The van der Waals surface area contributed by atoms with Crippen LogP contribution in [0.25, 0.3) is 6.08 Å². The monoisotopic (exact) mass is 378 g/mol. The molecule has 0 saturated heterocycles. The molecule has 0 spiro atoms. The second kappa shape index (κ2) is 8.49. The Morgan fingerprint density at radius 3 is 2.45 bits per heavy atom. The Labute approximate surface area is 146 Å². The van der Waals surface area contributed by atoms with E-state index >= 15 is 0 Å². The van der Waals surface area contributed by atoms with Crippen LogP contribution in [0.5, 0.6) is 0 Å². The Bertz CT molecular complexity index is 481. The lowest BCUT2D eigenvalue weighted by Gasteiger charge is -2.28. The number of benzene rings is 1. The van der Waals surface area contributed by atoms with Gasteiger partial charge in [0.2, 0.25) is 0 Å². The number of hydrogen-bond acceptors (Lipinski definition) is 0. The van der Waals surface area contributed by atoms with E-state index in [0.717, 1.165) is 11.8 Å². The van der Waals surface area contributed by atoms with Crippen molar-refractivity contribution in [1.29, 1.82) is 0 Å². The second-order valence-corrected chi connectivity index (χ2v) is 14.5. The Morgan fingerprint density at radius 1 is 1.14 bits per heavy atom. The molecular formula is C20H31BrSi. The van der Waals surface area contributed by atoms with Crippen LogP contribution >= 0.6 is 15.9 Å². The van der Waals surface area contributed by atoms with Crippen molar-refractivity contribution < 1.29 is 0 Å². The number of halogens is 1. The average molecular weight is 379 g/mol. The van der Waals surface area contributed by atoms with Gasteiger partial charge in [0.25, 0.3) is 0 Å². The van der Waals surface area contributed by atoms with Gasteiger partial charge in [0.15, 0.2) is 0 Å². The zero-order valence-electron chi connectivity index (χ0n) is 14.4. The predicted octanol–water partition coefficient (Wildman–Crippen LogP) is 7.39. The van der Waals surface area contributed by atoms with Crippen LogP contribution in [-0.2, 0) is 0 Å². The van der Waals surface area contributed by atoms with Crippen LogP contribution in [0.15, 0.2) is 34.8 Å². The van der Waals surface area contributed by atoms with Gasteiger partial charge >= 0.3 is 0 Å². The largest absolute Gasteiger partial charge is 0.0811 e. The summed E-state index contributed by atoms with van der Waals surface area (Å²) in [5.74, 6) is 1.74. The molecule has 0 aliphatic heterocycles. The molecule has 0 N–H and O–H groups in total. The van der Waals surface area contributed by atoms with E-state index in [4.69, 9.17) is 0 Å². The third kappa shape index (κ3) is 6.42. The molecule has 2 heteroatoms. The maximum atomic E-state index is 3.66. The minimum absolute atomic E-state index is 0.766. The summed E-state index contributed by atoms with van der Waals surface area (Å²) in [6, 6.07) is 9.97. The van der Waals surface area contributed by atoms with Crippen molar-refractivity contribution in [3.63, 3.8) is 0 Å². The Balaban J connectivity index is 2.04. The zero-order chi connectivity index (χ0) is 16.0. The van der Waals surface area contributed by atoms with Gasteiger partial charge in [-0.2, -0.15) is 0 Å². The van der Waals surface area contributed by atoms with Crippen molar-refractivity contribution in [2.75, 3.05) is 0 Å². The number of rotatable bonds is 6. The normalized spacial score (nSPS) is 18.7. The molecule has 1 aromatic carbocycles. The third-order valence-corrected chi connectivity index (χ3v) is 7.16. The summed E-state index contributed by atoms with van der Waals surface area (Å²) in [5, 5.41) is 0. The van der Waals surface area contributed by atoms with E-state index in [0.29, 0.717) is 0 Å². The van der Waals surface area contributed by atoms with Crippen LogP contribution in [0, 0.1) is 11.8 Å². The van der Waals surface area contributed by atoms with E-state index in [-0.39, 0.29) is 0 Å². The van der Waals surface area contributed by atoms with Gasteiger partial charge < -0.3 is 0 Å². The van der Waals surface area contributed by atoms with Crippen LogP contribution in [0.1, 0.15) is 44.1 Å². The fourth-order valence-electron chi connectivity index (χ4n) is 3.72. The van der Waals surface area contributed by atoms with Gasteiger partial charge in [-0.15, -0.1) is 0 Å². The Kier molecular flexibility index (Phi) is 6.95. The lowest BCUT2D eigenvalue weighted by atomic mass is 9.83. The van der Waals surface area contributed by atoms with Gasteiger partial charge in [-0.3, -0.25) is 0 Å². The molecule has 0 aromatic heterocycles. The van der Waals surface area contributed by atoms with Crippen molar-refractivity contribution in [3.8, 4) is 0 Å². The van der Waals surface area contributed by atoms with E-state index in [1.54, 1.807) is 0 Å². The highest BCUT2D eigenvalue weighted by atomic mass is 79.9. The second-order valence-electron chi connectivity index (χ2n) is 8.15. The average Bonchev–Trinajstić information content (AvgIpc) is 2.46. The van der Waals surface area contributed by atoms with E-state index in [2.05, 4.69) is 72.0 Å². The third-order valence-electron chi connectivity index (χ3n) is 4.69. The number of hydrogen-bond donors (Lipinski definition) is 0. The quantitative estimate of drug-likeness (QED) is 0.452. The molecule has 122 valence electrons. The highest BCUT2D eigenvalue weighted by Gasteiger charge is 2.23. The molecule has 0 heterocycles. The summed E-state index contributed by atoms with van der Waals surface area (Å²) in [6.45, 7) is 7.52. The zero-order valence-corrected chi connectivity index (χ0v) is 17.0. The van der Waals surface area contributed by atoms with Crippen LogP contribution < -0.4 is 0 Å². The molecule has 0 amide bonds. The molecule has 0 nitrogen and oxygen atoms in total. The number of allylic oxidation sites excluding steroid dienone is 1. The Morgan fingerprint density at radius 2 is 1.82 bits per heavy atom. The van der Waals surface area contributed by atoms with Crippen molar-refractivity contribution in [2.24, 2.45) is 11.8 Å². The molecule has 1 aliphatic carbocycles. The molecule has 1 aromatic rings. The Hall–Kier alpha value is -0.343. The van der Waals surface area contributed by atoms with E-state index in [1.165, 1.54) is 54.6 Å². The van der Waals surface area contributed by atoms with Crippen molar-refractivity contribution in [2.45, 2.75) is 64.2 Å². The first-order chi connectivity index (χ1) is 10.4. The van der Waals surface area contributed by atoms with Crippen LogP contribution in [0.3, 0.4) is 0 Å². The van der Waals surface area contributed by atoms with Gasteiger partial charge in [0.1, 0.15) is 0 Å². The molecule has 0 bridgehead atoms. The molecule has 0 radical (unpaired) electrons. The standard InChI is InChI=1S/C20H31BrSi/c1-22(2,3)16-18(15-17-9-5-4-6-10-17)13-14-19-11-7-8-12-20(19)21/h7-8,11-14,17-18H,4-6,9-10,15-16H2,1-3H3/b14-13+. The van der Waals surface area contributed by atoms with Crippen molar-refractivity contribution >= 4 is 30.1 Å². The van der Waals surface area contributed by atoms with Gasteiger partial charge in [-0.05, 0) is 29.9 Å². The van der Waals surface area contributed by atoms with Gasteiger partial charge in [-0.25, -0.2) is 0 Å². The summed E-state index contributed by atoms with van der Waals surface area (Å²) >= 11 is 3.66. The van der Waals surface area contributed by atoms with E-state index < -0.39 is 8.07 Å². The van der Waals surface area contributed by atoms with Crippen LogP contribution in [0.4, 0.5) is 0 Å². The first kappa shape index (κ1) is 18.0. The molecule has 22 heavy (non-hydrogen) atoms. The predicted molar refractivity (Wildman–Crippen MR) is 106 cm³/mol. The SMILES string of the molecule is C[Si](C)(C)CC(/C=C/c1ccccc1Br)CC1CCCCC1. The summed E-state index contributed by atoms with van der Waals surface area (Å²) < 4.78 is 1.20. The van der Waals surface area contributed by atoms with Crippen molar-refractivity contribution in [1.82, 2.24) is 0 Å². The van der Waals surface area contributed by atoms with Gasteiger partial charge in [0, 0.05) is 12.5 Å². The molecule has 1 fully saturated rings. The molecule has 1 aliphatic rings. The minimum Gasteiger partial charge on any atom is -0.0811 e. The van der Waals surface area contributed by atoms with Crippen molar-refractivity contribution in [3.05, 3.63) is 40.4 Å². The van der Waals surface area contributed by atoms with Crippen LogP contribution in [-0.4, -0.2) is 8.07 Å². The molecule has 1 saturated carbocycles. The summed E-state index contributed by atoms with van der Waals surface area (Å²) in [4.78, 5) is 0. The molecule has 1 unspecified atom stereocenters. The lowest BCUT2D eigenvalue weighted by Crippen LogP contribution is -2.24. The first-order valence-electron chi connectivity index (χ1n) is 8.87. The minimum atomic E-state index is -1.02. The topological polar surface area (TPSA) is 0 Å². The fourth-order valence-corrected chi connectivity index (χ4v) is 6.01. The van der Waals surface area contributed by atoms with Crippen LogP contribution in [0.2, 0.25) is 25.7 Å².